The molecule has 3 fully saturated rings. The highest BCUT2D eigenvalue weighted by Gasteiger charge is 2.45. The van der Waals surface area contributed by atoms with Gasteiger partial charge in [-0.05, 0) is 74.0 Å². The van der Waals surface area contributed by atoms with Crippen LogP contribution in [-0.4, -0.2) is 66.1 Å². The zero-order chi connectivity index (χ0) is 26.5. The van der Waals surface area contributed by atoms with Crippen LogP contribution in [-0.2, 0) is 4.79 Å². The maximum absolute atomic E-state index is 13.7. The minimum atomic E-state index is -0.133. The summed E-state index contributed by atoms with van der Waals surface area (Å²) in [4.78, 5) is 30.8. The lowest BCUT2D eigenvalue weighted by atomic mass is 9.77. The second-order valence-corrected chi connectivity index (χ2v) is 11.4. The smallest absolute Gasteiger partial charge is 0.251 e. The molecule has 0 aromatic heterocycles. The van der Waals surface area contributed by atoms with Gasteiger partial charge in [-0.25, -0.2) is 0 Å². The Morgan fingerprint density at radius 3 is 2.39 bits per heavy atom. The number of benzene rings is 2. The lowest BCUT2D eigenvalue weighted by Gasteiger charge is -2.40. The predicted molar refractivity (Wildman–Crippen MR) is 153 cm³/mol. The van der Waals surface area contributed by atoms with Crippen molar-refractivity contribution in [2.24, 2.45) is 11.3 Å². The number of rotatable bonds is 5. The van der Waals surface area contributed by atoms with Crippen molar-refractivity contribution in [1.29, 1.82) is 0 Å². The van der Waals surface area contributed by atoms with Crippen LogP contribution in [0.5, 0.6) is 5.75 Å². The lowest BCUT2D eigenvalue weighted by Crippen LogP contribution is -2.50. The number of thiocarbonyl (C=S) groups is 1. The molecule has 5 rings (SSSR count). The Bertz CT molecular complexity index is 1150. The molecule has 2 aromatic carbocycles. The van der Waals surface area contributed by atoms with Crippen LogP contribution in [0.4, 0.5) is 5.69 Å². The van der Waals surface area contributed by atoms with Crippen molar-refractivity contribution >= 4 is 34.8 Å². The largest absolute Gasteiger partial charge is 0.497 e. The van der Waals surface area contributed by atoms with Gasteiger partial charge in [0, 0.05) is 49.5 Å². The van der Waals surface area contributed by atoms with Crippen molar-refractivity contribution in [3.05, 3.63) is 60.2 Å². The van der Waals surface area contributed by atoms with Crippen LogP contribution >= 0.6 is 12.2 Å². The lowest BCUT2D eigenvalue weighted by molar-refractivity contribution is -0.136. The van der Waals surface area contributed by atoms with Gasteiger partial charge in [-0.3, -0.25) is 9.59 Å². The maximum Gasteiger partial charge on any atom is 0.251 e. The Morgan fingerprint density at radius 1 is 0.947 bits per heavy atom. The van der Waals surface area contributed by atoms with Gasteiger partial charge in [0.1, 0.15) is 5.75 Å². The number of amides is 2. The zero-order valence-corrected chi connectivity index (χ0v) is 23.0. The summed E-state index contributed by atoms with van der Waals surface area (Å²) in [6.07, 6.45) is 6.88. The van der Waals surface area contributed by atoms with E-state index in [4.69, 9.17) is 17.0 Å². The van der Waals surface area contributed by atoms with Crippen LogP contribution in [0.15, 0.2) is 54.6 Å². The number of piperidine rings is 1. The normalized spacial score (nSPS) is 22.7. The quantitative estimate of drug-likeness (QED) is 0.542. The average Bonchev–Trinajstić information content (AvgIpc) is 3.37. The Balaban J connectivity index is 1.15. The minimum absolute atomic E-state index is 0.0842. The van der Waals surface area contributed by atoms with Crippen molar-refractivity contribution < 1.29 is 14.3 Å². The van der Waals surface area contributed by atoms with E-state index in [1.54, 1.807) is 7.11 Å². The number of nitrogens with zero attached hydrogens (tertiary/aromatic N) is 2. The van der Waals surface area contributed by atoms with Crippen molar-refractivity contribution in [3.8, 4) is 5.75 Å². The zero-order valence-electron chi connectivity index (χ0n) is 22.2. The van der Waals surface area contributed by atoms with Gasteiger partial charge < -0.3 is 25.2 Å². The molecule has 0 bridgehead atoms. The SMILES string of the molecule is COc1cccc(NC(=S)N2CCC3(CCN(C(=O)[C@H]4CCCC[C@H]4NC(=O)c4ccccc4)C3)CC2)c1. The first kappa shape index (κ1) is 26.5. The Labute approximate surface area is 230 Å². The summed E-state index contributed by atoms with van der Waals surface area (Å²) in [5.41, 5.74) is 1.73. The first-order valence-corrected chi connectivity index (χ1v) is 14.2. The summed E-state index contributed by atoms with van der Waals surface area (Å²) in [5.74, 6) is 0.800. The fraction of sp³-hybridized carbons (Fsp3) is 0.500. The number of hydrogen-bond donors (Lipinski definition) is 2. The first-order valence-electron chi connectivity index (χ1n) is 13.8. The van der Waals surface area contributed by atoms with Gasteiger partial charge >= 0.3 is 0 Å². The highest BCUT2D eigenvalue weighted by molar-refractivity contribution is 7.80. The van der Waals surface area contributed by atoms with Gasteiger partial charge in [-0.1, -0.05) is 37.1 Å². The third-order valence-corrected chi connectivity index (χ3v) is 8.98. The van der Waals surface area contributed by atoms with Gasteiger partial charge in [0.25, 0.3) is 5.91 Å². The molecule has 8 heteroatoms. The van der Waals surface area contributed by atoms with E-state index in [-0.39, 0.29) is 29.2 Å². The monoisotopic (exact) mass is 534 g/mol. The van der Waals surface area contributed by atoms with E-state index in [2.05, 4.69) is 20.4 Å². The molecule has 2 heterocycles. The number of carbonyl (C=O) groups is 2. The molecule has 2 aromatic rings. The number of carbonyl (C=O) groups excluding carboxylic acids is 2. The number of ether oxygens (including phenoxy) is 1. The maximum atomic E-state index is 13.7. The molecule has 38 heavy (non-hydrogen) atoms. The highest BCUT2D eigenvalue weighted by atomic mass is 32.1. The molecule has 3 aliphatic rings. The van der Waals surface area contributed by atoms with E-state index in [0.717, 1.165) is 87.7 Å². The number of anilines is 1. The molecular weight excluding hydrogens is 496 g/mol. The van der Waals surface area contributed by atoms with Crippen LogP contribution in [0.3, 0.4) is 0 Å². The van der Waals surface area contributed by atoms with E-state index < -0.39 is 0 Å². The van der Waals surface area contributed by atoms with E-state index in [9.17, 15) is 9.59 Å². The van der Waals surface area contributed by atoms with Gasteiger partial charge in [0.05, 0.1) is 13.0 Å². The summed E-state index contributed by atoms with van der Waals surface area (Å²) in [6, 6.07) is 17.0. The van der Waals surface area contributed by atoms with Gasteiger partial charge in [0.2, 0.25) is 5.91 Å². The van der Waals surface area contributed by atoms with Crippen LogP contribution in [0.25, 0.3) is 0 Å². The predicted octanol–water partition coefficient (Wildman–Crippen LogP) is 4.70. The molecule has 0 radical (unpaired) electrons. The van der Waals surface area contributed by atoms with E-state index in [1.165, 1.54) is 0 Å². The first-order chi connectivity index (χ1) is 18.5. The third-order valence-electron chi connectivity index (χ3n) is 8.62. The summed E-state index contributed by atoms with van der Waals surface area (Å²) >= 11 is 5.71. The number of likely N-dealkylation sites (tertiary alicyclic amines) is 2. The van der Waals surface area contributed by atoms with Crippen LogP contribution in [0.2, 0.25) is 0 Å². The van der Waals surface area contributed by atoms with Gasteiger partial charge in [-0.2, -0.15) is 0 Å². The molecule has 2 aliphatic heterocycles. The molecular formula is C30H38N4O3S. The third kappa shape index (κ3) is 5.96. The van der Waals surface area contributed by atoms with Crippen LogP contribution in [0, 0.1) is 11.3 Å². The summed E-state index contributed by atoms with van der Waals surface area (Å²) < 4.78 is 5.31. The molecule has 2 N–H and O–H groups in total. The van der Waals surface area contributed by atoms with E-state index >= 15 is 0 Å². The fourth-order valence-corrected chi connectivity index (χ4v) is 6.59. The summed E-state index contributed by atoms with van der Waals surface area (Å²) in [5, 5.41) is 7.26. The highest BCUT2D eigenvalue weighted by Crippen LogP contribution is 2.41. The topological polar surface area (TPSA) is 73.9 Å². The fourth-order valence-electron chi connectivity index (χ4n) is 6.29. The molecule has 7 nitrogen and oxygen atoms in total. The Morgan fingerprint density at radius 2 is 1.66 bits per heavy atom. The average molecular weight is 535 g/mol. The molecule has 202 valence electrons. The van der Waals surface area contributed by atoms with Gasteiger partial charge in [0.15, 0.2) is 5.11 Å². The second kappa shape index (κ2) is 11.7. The van der Waals surface area contributed by atoms with E-state index in [0.29, 0.717) is 5.56 Å². The number of hydrogen-bond acceptors (Lipinski definition) is 4. The Kier molecular flexibility index (Phi) is 8.17. The second-order valence-electron chi connectivity index (χ2n) is 11.0. The molecule has 1 saturated carbocycles. The summed E-state index contributed by atoms with van der Waals surface area (Å²) in [6.45, 7) is 3.39. The molecule has 0 unspecified atom stereocenters. The van der Waals surface area contributed by atoms with Crippen LogP contribution in [0.1, 0.15) is 55.3 Å². The van der Waals surface area contributed by atoms with Gasteiger partial charge in [-0.15, -0.1) is 0 Å². The molecule has 2 amide bonds. The van der Waals surface area contributed by atoms with Crippen molar-refractivity contribution in [2.75, 3.05) is 38.6 Å². The van der Waals surface area contributed by atoms with Crippen molar-refractivity contribution in [3.63, 3.8) is 0 Å². The minimum Gasteiger partial charge on any atom is -0.497 e. The molecule has 1 aliphatic carbocycles. The van der Waals surface area contributed by atoms with E-state index in [1.807, 2.05) is 54.6 Å². The van der Waals surface area contributed by atoms with Crippen molar-refractivity contribution in [2.45, 2.75) is 51.0 Å². The van der Waals surface area contributed by atoms with Crippen molar-refractivity contribution in [1.82, 2.24) is 15.1 Å². The molecule has 2 atom stereocenters. The standard InChI is InChI=1S/C30H38N4O3S/c1-37-24-11-7-10-23(20-24)31-29(38)33-17-14-30(15-18-33)16-19-34(21-30)28(36)25-12-5-6-13-26(25)32-27(35)22-8-3-2-4-9-22/h2-4,7-11,20,25-26H,5-6,12-19,21H2,1H3,(H,31,38)(H,32,35)/t25-,26+/m0/s1. The molecule has 2 saturated heterocycles. The number of methoxy groups -OCH3 is 1. The Hall–Kier alpha value is -3.13. The number of nitrogens with one attached hydrogen (secondary N) is 2. The molecule has 1 spiro atoms. The summed E-state index contributed by atoms with van der Waals surface area (Å²) in [7, 11) is 1.66. The van der Waals surface area contributed by atoms with Crippen LogP contribution < -0.4 is 15.4 Å².